The van der Waals surface area contributed by atoms with Gasteiger partial charge in [0.1, 0.15) is 0 Å². The number of hydrogen-bond acceptors (Lipinski definition) is 3. The van der Waals surface area contributed by atoms with E-state index in [4.69, 9.17) is 0 Å². The van der Waals surface area contributed by atoms with Crippen molar-refractivity contribution in [2.24, 2.45) is 11.3 Å². The summed E-state index contributed by atoms with van der Waals surface area (Å²) in [5.74, 6) is 0.593. The molecule has 0 aliphatic carbocycles. The highest BCUT2D eigenvalue weighted by Crippen LogP contribution is 2.37. The Kier molecular flexibility index (Phi) is 4.13. The monoisotopic (exact) mass is 267 g/mol. The van der Waals surface area contributed by atoms with E-state index in [1.807, 2.05) is 4.90 Å². The largest absolute Gasteiger partial charge is 0.352 e. The minimum atomic E-state index is -0.245. The first-order valence-electron chi connectivity index (χ1n) is 7.23. The Balaban J connectivity index is 2.02. The zero-order valence-electron chi connectivity index (χ0n) is 12.2. The second kappa shape index (κ2) is 5.49. The van der Waals surface area contributed by atoms with E-state index in [0.29, 0.717) is 12.5 Å². The third kappa shape index (κ3) is 2.76. The van der Waals surface area contributed by atoms with Crippen molar-refractivity contribution in [1.29, 1.82) is 0 Å². The van der Waals surface area contributed by atoms with Crippen molar-refractivity contribution >= 4 is 11.8 Å². The molecule has 5 nitrogen and oxygen atoms in total. The molecule has 2 fully saturated rings. The van der Waals surface area contributed by atoms with Crippen molar-refractivity contribution in [3.63, 3.8) is 0 Å². The van der Waals surface area contributed by atoms with Gasteiger partial charge in [-0.2, -0.15) is 0 Å². The van der Waals surface area contributed by atoms with Gasteiger partial charge in [0.25, 0.3) is 0 Å². The van der Waals surface area contributed by atoms with Gasteiger partial charge in [-0.1, -0.05) is 13.8 Å². The second-order valence-electron chi connectivity index (χ2n) is 6.17. The molecule has 0 aromatic carbocycles. The summed E-state index contributed by atoms with van der Waals surface area (Å²) >= 11 is 0. The second-order valence-corrected chi connectivity index (χ2v) is 6.17. The highest BCUT2D eigenvalue weighted by Gasteiger charge is 2.47. The van der Waals surface area contributed by atoms with Crippen LogP contribution in [0.3, 0.4) is 0 Å². The van der Waals surface area contributed by atoms with Crippen LogP contribution in [0.15, 0.2) is 0 Å². The standard InChI is InChI=1S/C14H25N3O2/c1-10(2)14(5-6-15-9-14)13(19)17-7-4-12(8-17)16-11(3)18/h10,12,15H,4-9H2,1-3H3,(H,16,18). The third-order valence-electron chi connectivity index (χ3n) is 4.60. The Morgan fingerprint density at radius 1 is 1.42 bits per heavy atom. The summed E-state index contributed by atoms with van der Waals surface area (Å²) in [5, 5.41) is 6.24. The Morgan fingerprint density at radius 3 is 2.68 bits per heavy atom. The van der Waals surface area contributed by atoms with Crippen LogP contribution < -0.4 is 10.6 Å². The fraction of sp³-hybridized carbons (Fsp3) is 0.857. The lowest BCUT2D eigenvalue weighted by atomic mass is 9.75. The molecule has 5 heteroatoms. The lowest BCUT2D eigenvalue weighted by Gasteiger charge is -2.35. The first-order chi connectivity index (χ1) is 8.95. The van der Waals surface area contributed by atoms with E-state index in [9.17, 15) is 9.59 Å². The first kappa shape index (κ1) is 14.3. The highest BCUT2D eigenvalue weighted by atomic mass is 16.2. The molecule has 19 heavy (non-hydrogen) atoms. The van der Waals surface area contributed by atoms with E-state index in [1.54, 1.807) is 0 Å². The normalized spacial score (nSPS) is 30.9. The molecule has 0 radical (unpaired) electrons. The van der Waals surface area contributed by atoms with Gasteiger partial charge in [-0.15, -0.1) is 0 Å². The van der Waals surface area contributed by atoms with E-state index >= 15 is 0 Å². The van der Waals surface area contributed by atoms with Crippen LogP contribution in [-0.2, 0) is 9.59 Å². The zero-order valence-corrected chi connectivity index (χ0v) is 12.2. The number of nitrogens with one attached hydrogen (secondary N) is 2. The third-order valence-corrected chi connectivity index (χ3v) is 4.60. The fourth-order valence-electron chi connectivity index (χ4n) is 3.30. The van der Waals surface area contributed by atoms with E-state index < -0.39 is 0 Å². The van der Waals surface area contributed by atoms with Gasteiger partial charge < -0.3 is 15.5 Å². The molecule has 2 saturated heterocycles. The fourth-order valence-corrected chi connectivity index (χ4v) is 3.30. The van der Waals surface area contributed by atoms with E-state index in [1.165, 1.54) is 6.92 Å². The van der Waals surface area contributed by atoms with Crippen LogP contribution in [0.4, 0.5) is 0 Å². The molecule has 2 aliphatic rings. The van der Waals surface area contributed by atoms with Gasteiger partial charge in [-0.05, 0) is 25.3 Å². The lowest BCUT2D eigenvalue weighted by Crippen LogP contribution is -2.48. The SMILES string of the molecule is CC(=O)NC1CCN(C(=O)C2(C(C)C)CCNC2)C1. The first-order valence-corrected chi connectivity index (χ1v) is 7.23. The average Bonchev–Trinajstić information content (AvgIpc) is 2.95. The molecule has 2 N–H and O–H groups in total. The van der Waals surface area contributed by atoms with Crippen LogP contribution in [0.5, 0.6) is 0 Å². The van der Waals surface area contributed by atoms with Crippen LogP contribution in [-0.4, -0.2) is 48.9 Å². The molecule has 2 heterocycles. The molecule has 0 aromatic heterocycles. The number of carbonyl (C=O) groups is 2. The summed E-state index contributed by atoms with van der Waals surface area (Å²) in [5.41, 5.74) is -0.245. The number of amides is 2. The van der Waals surface area contributed by atoms with Crippen LogP contribution in [0.1, 0.15) is 33.6 Å². The predicted octanol–water partition coefficient (Wildman–Crippen LogP) is 0.359. The van der Waals surface area contributed by atoms with Gasteiger partial charge in [0.05, 0.1) is 5.41 Å². The molecule has 2 amide bonds. The minimum absolute atomic E-state index is 0.0135. The van der Waals surface area contributed by atoms with Gasteiger partial charge in [-0.3, -0.25) is 9.59 Å². The van der Waals surface area contributed by atoms with Crippen molar-refractivity contribution in [3.8, 4) is 0 Å². The molecule has 0 bridgehead atoms. The average molecular weight is 267 g/mol. The lowest BCUT2D eigenvalue weighted by molar-refractivity contribution is -0.142. The molecule has 2 rings (SSSR count). The number of rotatable bonds is 3. The Bertz CT molecular complexity index is 362. The molecule has 2 aliphatic heterocycles. The van der Waals surface area contributed by atoms with Crippen LogP contribution in [0, 0.1) is 11.3 Å². The van der Waals surface area contributed by atoms with E-state index in [-0.39, 0.29) is 23.3 Å². The number of likely N-dealkylation sites (tertiary alicyclic amines) is 1. The Hall–Kier alpha value is -1.10. The van der Waals surface area contributed by atoms with Crippen molar-refractivity contribution in [3.05, 3.63) is 0 Å². The van der Waals surface area contributed by atoms with Crippen molar-refractivity contribution in [2.45, 2.75) is 39.7 Å². The maximum Gasteiger partial charge on any atom is 0.230 e. The minimum Gasteiger partial charge on any atom is -0.352 e. The van der Waals surface area contributed by atoms with E-state index in [0.717, 1.165) is 32.5 Å². The molecule has 108 valence electrons. The molecular weight excluding hydrogens is 242 g/mol. The molecule has 0 aromatic rings. The predicted molar refractivity (Wildman–Crippen MR) is 73.6 cm³/mol. The maximum atomic E-state index is 12.8. The molecular formula is C14H25N3O2. The van der Waals surface area contributed by atoms with Crippen molar-refractivity contribution in [1.82, 2.24) is 15.5 Å². The Morgan fingerprint density at radius 2 is 2.16 bits per heavy atom. The molecule has 2 atom stereocenters. The smallest absolute Gasteiger partial charge is 0.230 e. The van der Waals surface area contributed by atoms with Gasteiger partial charge >= 0.3 is 0 Å². The number of nitrogens with zero attached hydrogens (tertiary/aromatic N) is 1. The van der Waals surface area contributed by atoms with Gasteiger partial charge in [0, 0.05) is 32.6 Å². The van der Waals surface area contributed by atoms with Gasteiger partial charge in [0.2, 0.25) is 11.8 Å². The molecule has 2 unspecified atom stereocenters. The number of carbonyl (C=O) groups excluding carboxylic acids is 2. The summed E-state index contributed by atoms with van der Waals surface area (Å²) in [6.45, 7) is 8.92. The molecule has 0 saturated carbocycles. The summed E-state index contributed by atoms with van der Waals surface area (Å²) in [7, 11) is 0. The van der Waals surface area contributed by atoms with Crippen LogP contribution >= 0.6 is 0 Å². The summed E-state index contributed by atoms with van der Waals surface area (Å²) in [4.78, 5) is 25.8. The van der Waals surface area contributed by atoms with Crippen molar-refractivity contribution in [2.75, 3.05) is 26.2 Å². The van der Waals surface area contributed by atoms with Crippen LogP contribution in [0.2, 0.25) is 0 Å². The summed E-state index contributed by atoms with van der Waals surface area (Å²) in [6, 6.07) is 0.125. The molecule has 0 spiro atoms. The summed E-state index contributed by atoms with van der Waals surface area (Å²) in [6.07, 6.45) is 1.79. The van der Waals surface area contributed by atoms with Gasteiger partial charge in [-0.25, -0.2) is 0 Å². The number of hydrogen-bond donors (Lipinski definition) is 2. The zero-order chi connectivity index (χ0) is 14.0. The van der Waals surface area contributed by atoms with Crippen LogP contribution in [0.25, 0.3) is 0 Å². The topological polar surface area (TPSA) is 61.4 Å². The Labute approximate surface area is 115 Å². The van der Waals surface area contributed by atoms with Crippen molar-refractivity contribution < 1.29 is 9.59 Å². The quantitative estimate of drug-likeness (QED) is 0.776. The summed E-state index contributed by atoms with van der Waals surface area (Å²) < 4.78 is 0. The maximum absolute atomic E-state index is 12.8. The van der Waals surface area contributed by atoms with E-state index in [2.05, 4.69) is 24.5 Å². The highest BCUT2D eigenvalue weighted by molar-refractivity contribution is 5.84. The van der Waals surface area contributed by atoms with Gasteiger partial charge in [0.15, 0.2) is 0 Å².